The van der Waals surface area contributed by atoms with Crippen molar-refractivity contribution in [1.82, 2.24) is 10.2 Å². The summed E-state index contributed by atoms with van der Waals surface area (Å²) in [6.45, 7) is 3.57. The number of hydrogen-bond donors (Lipinski definition) is 1. The van der Waals surface area contributed by atoms with Gasteiger partial charge in [0.05, 0.1) is 11.0 Å². The number of nitrogens with zero attached hydrogens (tertiary/aromatic N) is 2. The highest BCUT2D eigenvalue weighted by Crippen LogP contribution is 2.41. The van der Waals surface area contributed by atoms with Crippen molar-refractivity contribution in [3.63, 3.8) is 0 Å². The van der Waals surface area contributed by atoms with Gasteiger partial charge in [0.15, 0.2) is 0 Å². The van der Waals surface area contributed by atoms with Crippen LogP contribution in [0.3, 0.4) is 0 Å². The lowest BCUT2D eigenvalue weighted by atomic mass is 9.79. The number of halogens is 3. The molecule has 0 radical (unpaired) electrons. The number of nitro benzene ring substituents is 1. The molecule has 1 aliphatic heterocycles. The molecule has 1 aromatic rings. The second kappa shape index (κ2) is 10.3. The highest BCUT2D eigenvalue weighted by molar-refractivity contribution is 5.85. The maximum Gasteiger partial charge on any atom is 0.277 e. The number of nitro groups is 1. The molecule has 1 aromatic carbocycles. The van der Waals surface area contributed by atoms with E-state index in [1.165, 1.54) is 25.3 Å². The molecular weight excluding hydrogens is 368 g/mol. The van der Waals surface area contributed by atoms with E-state index in [4.69, 9.17) is 0 Å². The van der Waals surface area contributed by atoms with Crippen LogP contribution in [0, 0.1) is 21.8 Å². The van der Waals surface area contributed by atoms with Gasteiger partial charge in [0, 0.05) is 37.8 Å². The first-order valence-electron chi connectivity index (χ1n) is 8.55. The summed E-state index contributed by atoms with van der Waals surface area (Å²) in [6, 6.07) is 4.10. The molecule has 5 nitrogen and oxygen atoms in total. The molecule has 0 aromatic heterocycles. The molecule has 2 aliphatic rings. The largest absolute Gasteiger partial charge is 0.314 e. The maximum absolute atomic E-state index is 13.5. The number of piperazine rings is 1. The Bertz CT molecular complexity index is 547. The predicted octanol–water partition coefficient (Wildman–Crippen LogP) is 4.10. The van der Waals surface area contributed by atoms with Gasteiger partial charge in [-0.05, 0) is 30.9 Å². The molecule has 0 spiro atoms. The van der Waals surface area contributed by atoms with Crippen molar-refractivity contribution in [3.05, 3.63) is 39.7 Å². The lowest BCUT2D eigenvalue weighted by Crippen LogP contribution is -2.47. The summed E-state index contributed by atoms with van der Waals surface area (Å²) >= 11 is 0. The van der Waals surface area contributed by atoms with Gasteiger partial charge in [0.2, 0.25) is 0 Å². The second-order valence-corrected chi connectivity index (χ2v) is 6.59. The zero-order valence-electron chi connectivity index (χ0n) is 14.2. The maximum atomic E-state index is 13.5. The number of rotatable bonds is 4. The summed E-state index contributed by atoms with van der Waals surface area (Å²) in [5.41, 5.74) is 0.615. The molecule has 1 saturated heterocycles. The van der Waals surface area contributed by atoms with E-state index in [2.05, 4.69) is 10.2 Å². The van der Waals surface area contributed by atoms with E-state index >= 15 is 0 Å². The van der Waals surface area contributed by atoms with Crippen molar-refractivity contribution in [2.24, 2.45) is 5.92 Å². The molecule has 3 rings (SSSR count). The fourth-order valence-corrected chi connectivity index (χ4v) is 4.08. The van der Waals surface area contributed by atoms with Gasteiger partial charge in [-0.2, -0.15) is 0 Å². The Balaban J connectivity index is 0.00000156. The smallest absolute Gasteiger partial charge is 0.277 e. The Hall–Kier alpha value is -0.950. The molecule has 0 bridgehead atoms. The Kier molecular flexibility index (Phi) is 9.07. The molecule has 1 saturated carbocycles. The number of hydrogen-bond acceptors (Lipinski definition) is 4. The minimum Gasteiger partial charge on any atom is -0.314 e. The number of benzene rings is 1. The molecule has 1 N–H and O–H groups in total. The standard InChI is InChI=1S/C17H24FN3O2.2ClH/c18-14-6-7-15(16(12-14)21(22)23)17(13-4-2-1-3-5-13)20-10-8-19-9-11-20;;/h6-7,12-13,17,19H,1-5,8-11H2;2*1H/t17-;;/m1../s1. The Morgan fingerprint density at radius 2 is 1.80 bits per heavy atom. The predicted molar refractivity (Wildman–Crippen MR) is 101 cm³/mol. The highest BCUT2D eigenvalue weighted by Gasteiger charge is 2.35. The SMILES string of the molecule is Cl.Cl.O=[N+]([O-])c1cc(F)ccc1[C@@H](C1CCCCC1)N1CCNCC1. The highest BCUT2D eigenvalue weighted by atomic mass is 35.5. The summed E-state index contributed by atoms with van der Waals surface area (Å²) in [7, 11) is 0. The first kappa shape index (κ1) is 22.1. The fourth-order valence-electron chi connectivity index (χ4n) is 4.08. The average Bonchev–Trinajstić information content (AvgIpc) is 2.58. The minimum absolute atomic E-state index is 0. The summed E-state index contributed by atoms with van der Waals surface area (Å²) in [5.74, 6) is -0.117. The minimum atomic E-state index is -0.539. The molecule has 25 heavy (non-hydrogen) atoms. The Morgan fingerprint density at radius 3 is 2.40 bits per heavy atom. The van der Waals surface area contributed by atoms with Gasteiger partial charge in [-0.25, -0.2) is 4.39 Å². The van der Waals surface area contributed by atoms with E-state index in [1.807, 2.05) is 0 Å². The van der Waals surface area contributed by atoms with E-state index in [9.17, 15) is 14.5 Å². The lowest BCUT2D eigenvalue weighted by molar-refractivity contribution is -0.386. The van der Waals surface area contributed by atoms with Crippen LogP contribution < -0.4 is 5.32 Å². The molecule has 1 aliphatic carbocycles. The molecular formula is C17H26Cl2FN3O2. The Labute approximate surface area is 160 Å². The number of nitrogens with one attached hydrogen (secondary N) is 1. The van der Waals surface area contributed by atoms with Crippen molar-refractivity contribution in [1.29, 1.82) is 0 Å². The van der Waals surface area contributed by atoms with E-state index in [0.29, 0.717) is 11.5 Å². The van der Waals surface area contributed by atoms with Crippen molar-refractivity contribution in [2.45, 2.75) is 38.1 Å². The molecule has 8 heteroatoms. The van der Waals surface area contributed by atoms with Crippen LogP contribution in [0.15, 0.2) is 18.2 Å². The van der Waals surface area contributed by atoms with E-state index in [-0.39, 0.29) is 36.5 Å². The van der Waals surface area contributed by atoms with Gasteiger partial charge < -0.3 is 5.32 Å². The Morgan fingerprint density at radius 1 is 1.16 bits per heavy atom. The normalized spacial score (nSPS) is 20.2. The zero-order valence-corrected chi connectivity index (χ0v) is 15.8. The summed E-state index contributed by atoms with van der Waals surface area (Å²) in [5, 5.41) is 14.8. The topological polar surface area (TPSA) is 58.4 Å². The van der Waals surface area contributed by atoms with Crippen molar-refractivity contribution >= 4 is 30.5 Å². The third kappa shape index (κ3) is 5.26. The van der Waals surface area contributed by atoms with Gasteiger partial charge >= 0.3 is 0 Å². The molecule has 0 unspecified atom stereocenters. The van der Waals surface area contributed by atoms with E-state index < -0.39 is 10.7 Å². The summed E-state index contributed by atoms with van der Waals surface area (Å²) in [4.78, 5) is 13.4. The van der Waals surface area contributed by atoms with Gasteiger partial charge in [-0.15, -0.1) is 24.8 Å². The van der Waals surface area contributed by atoms with Crippen LogP contribution in [-0.4, -0.2) is 36.0 Å². The third-order valence-corrected chi connectivity index (χ3v) is 5.15. The van der Waals surface area contributed by atoms with Crippen molar-refractivity contribution in [3.8, 4) is 0 Å². The van der Waals surface area contributed by atoms with Crippen LogP contribution in [-0.2, 0) is 0 Å². The van der Waals surface area contributed by atoms with Gasteiger partial charge in [0.1, 0.15) is 5.82 Å². The summed E-state index contributed by atoms with van der Waals surface area (Å²) in [6.07, 6.45) is 5.81. The van der Waals surface area contributed by atoms with Crippen LogP contribution >= 0.6 is 24.8 Å². The average molecular weight is 394 g/mol. The van der Waals surface area contributed by atoms with E-state index in [1.54, 1.807) is 6.07 Å². The van der Waals surface area contributed by atoms with Crippen molar-refractivity contribution < 1.29 is 9.31 Å². The monoisotopic (exact) mass is 393 g/mol. The van der Waals surface area contributed by atoms with Crippen LogP contribution in [0.2, 0.25) is 0 Å². The zero-order chi connectivity index (χ0) is 16.2. The first-order chi connectivity index (χ1) is 11.2. The van der Waals surface area contributed by atoms with Gasteiger partial charge in [-0.1, -0.05) is 19.3 Å². The van der Waals surface area contributed by atoms with Crippen molar-refractivity contribution in [2.75, 3.05) is 26.2 Å². The van der Waals surface area contributed by atoms with Crippen LogP contribution in [0.25, 0.3) is 0 Å². The van der Waals surface area contributed by atoms with Gasteiger partial charge in [-0.3, -0.25) is 15.0 Å². The molecule has 0 amide bonds. The van der Waals surface area contributed by atoms with Crippen LogP contribution in [0.1, 0.15) is 43.7 Å². The van der Waals surface area contributed by atoms with E-state index in [0.717, 1.165) is 45.1 Å². The fraction of sp³-hybridized carbons (Fsp3) is 0.647. The second-order valence-electron chi connectivity index (χ2n) is 6.59. The van der Waals surface area contributed by atoms with Gasteiger partial charge in [0.25, 0.3) is 5.69 Å². The lowest BCUT2D eigenvalue weighted by Gasteiger charge is -2.40. The molecule has 2 fully saturated rings. The van der Waals surface area contributed by atoms with Crippen LogP contribution in [0.4, 0.5) is 10.1 Å². The molecule has 1 heterocycles. The molecule has 1 atom stereocenters. The van der Waals surface area contributed by atoms with Crippen LogP contribution in [0.5, 0.6) is 0 Å². The summed E-state index contributed by atoms with van der Waals surface area (Å²) < 4.78 is 13.5. The third-order valence-electron chi connectivity index (χ3n) is 5.15. The molecule has 142 valence electrons. The first-order valence-corrected chi connectivity index (χ1v) is 8.55. The quantitative estimate of drug-likeness (QED) is 0.617.